The molecule has 1 N–H and O–H groups in total. The lowest BCUT2D eigenvalue weighted by atomic mass is 9.74. The molecule has 11 nitrogen and oxygen atoms in total. The SMILES string of the molecule is CO[C@]1(C)C[C@@H](C)CN(C)[C@@H](CCCN2CCOCC2)COC(=O)C(C)(C)C(=O)[C@H](C)[C@H]1O[C@@H]1O[C@H](C)C[C@H](N(C)C)[C@H]1O. The van der Waals surface area contributed by atoms with Gasteiger partial charge in [-0.15, -0.1) is 0 Å². The second-order valence-corrected chi connectivity index (χ2v) is 14.5. The molecule has 0 saturated carbocycles. The second-order valence-electron chi connectivity index (χ2n) is 14.5. The van der Waals surface area contributed by atoms with Gasteiger partial charge < -0.3 is 33.7 Å². The topological polar surface area (TPSA) is 110 Å². The molecule has 0 aromatic carbocycles. The number of carbonyl (C=O) groups excluding carboxylic acids is 2. The molecule has 44 heavy (non-hydrogen) atoms. The molecular weight excluding hydrogens is 566 g/mol. The third-order valence-electron chi connectivity index (χ3n) is 10.1. The van der Waals surface area contributed by atoms with Gasteiger partial charge in [0, 0.05) is 44.7 Å². The van der Waals surface area contributed by atoms with Crippen molar-refractivity contribution in [3.8, 4) is 0 Å². The van der Waals surface area contributed by atoms with Gasteiger partial charge in [0.25, 0.3) is 0 Å². The number of methoxy groups -OCH3 is 1. The van der Waals surface area contributed by atoms with Crippen molar-refractivity contribution >= 4 is 11.8 Å². The molecule has 0 aliphatic carbocycles. The third-order valence-corrected chi connectivity index (χ3v) is 10.1. The molecule has 0 aromatic rings. The summed E-state index contributed by atoms with van der Waals surface area (Å²) in [5.74, 6) is -1.41. The molecule has 0 aromatic heterocycles. The Labute approximate surface area is 265 Å². The number of morpholine rings is 1. The van der Waals surface area contributed by atoms with Gasteiger partial charge in [-0.05, 0) is 87.0 Å². The van der Waals surface area contributed by atoms with E-state index in [4.69, 9.17) is 23.7 Å². The zero-order chi connectivity index (χ0) is 32.8. The maximum atomic E-state index is 14.2. The van der Waals surface area contributed by atoms with Crippen LogP contribution >= 0.6 is 0 Å². The normalized spacial score (nSPS) is 38.9. The highest BCUT2D eigenvalue weighted by Crippen LogP contribution is 2.38. The van der Waals surface area contributed by atoms with Gasteiger partial charge in [-0.25, -0.2) is 0 Å². The monoisotopic (exact) mass is 627 g/mol. The molecule has 11 heteroatoms. The Balaban J connectivity index is 1.88. The van der Waals surface area contributed by atoms with Gasteiger partial charge in [0.05, 0.1) is 31.0 Å². The summed E-state index contributed by atoms with van der Waals surface area (Å²) in [5.41, 5.74) is -2.32. The number of carbonyl (C=O) groups is 2. The number of hydrogen-bond acceptors (Lipinski definition) is 11. The van der Waals surface area contributed by atoms with Crippen molar-refractivity contribution < 1.29 is 38.4 Å². The third kappa shape index (κ3) is 9.21. The van der Waals surface area contributed by atoms with E-state index in [9.17, 15) is 14.7 Å². The summed E-state index contributed by atoms with van der Waals surface area (Å²) in [6.45, 7) is 16.5. The fraction of sp³-hybridized carbons (Fsp3) is 0.939. The molecular formula is C33H61N3O8. The van der Waals surface area contributed by atoms with E-state index in [0.29, 0.717) is 12.8 Å². The van der Waals surface area contributed by atoms with Crippen LogP contribution in [-0.4, -0.2) is 148 Å². The number of likely N-dealkylation sites (N-methyl/N-ethyl adjacent to an activating group) is 2. The zero-order valence-corrected chi connectivity index (χ0v) is 29.0. The number of ketones is 1. The minimum absolute atomic E-state index is 0.0163. The molecule has 3 fully saturated rings. The molecule has 3 aliphatic heterocycles. The van der Waals surface area contributed by atoms with Crippen LogP contribution in [0.5, 0.6) is 0 Å². The fourth-order valence-corrected chi connectivity index (χ4v) is 7.27. The smallest absolute Gasteiger partial charge is 0.319 e. The summed E-state index contributed by atoms with van der Waals surface area (Å²) in [7, 11) is 7.57. The van der Waals surface area contributed by atoms with E-state index >= 15 is 0 Å². The maximum absolute atomic E-state index is 14.2. The summed E-state index contributed by atoms with van der Waals surface area (Å²) < 4.78 is 30.4. The van der Waals surface area contributed by atoms with Crippen LogP contribution in [0.4, 0.5) is 0 Å². The van der Waals surface area contributed by atoms with E-state index in [1.165, 1.54) is 0 Å². The lowest BCUT2D eigenvalue weighted by molar-refractivity contribution is -0.295. The van der Waals surface area contributed by atoms with E-state index in [2.05, 4.69) is 23.8 Å². The molecule has 0 amide bonds. The molecule has 0 unspecified atom stereocenters. The Hall–Kier alpha value is -1.18. The number of rotatable bonds is 8. The highest BCUT2D eigenvalue weighted by Gasteiger charge is 2.51. The van der Waals surface area contributed by atoms with E-state index < -0.39 is 41.4 Å². The zero-order valence-electron chi connectivity index (χ0n) is 29.0. The van der Waals surface area contributed by atoms with Crippen molar-refractivity contribution in [3.63, 3.8) is 0 Å². The van der Waals surface area contributed by atoms with Crippen LogP contribution in [0, 0.1) is 17.3 Å². The lowest BCUT2D eigenvalue weighted by Gasteiger charge is -2.47. The Morgan fingerprint density at radius 3 is 2.36 bits per heavy atom. The van der Waals surface area contributed by atoms with E-state index in [1.807, 2.05) is 32.8 Å². The molecule has 3 heterocycles. The number of esters is 1. The summed E-state index contributed by atoms with van der Waals surface area (Å²) >= 11 is 0. The van der Waals surface area contributed by atoms with Gasteiger partial charge in [0.2, 0.25) is 0 Å². The van der Waals surface area contributed by atoms with Gasteiger partial charge >= 0.3 is 5.97 Å². The van der Waals surface area contributed by atoms with Crippen LogP contribution in [-0.2, 0) is 33.3 Å². The Kier molecular flexibility index (Phi) is 13.6. The molecule has 3 aliphatic rings. The molecule has 3 saturated heterocycles. The van der Waals surface area contributed by atoms with Gasteiger partial charge in [-0.1, -0.05) is 13.8 Å². The number of aliphatic hydroxyl groups is 1. The van der Waals surface area contributed by atoms with Crippen LogP contribution in [0.3, 0.4) is 0 Å². The predicted molar refractivity (Wildman–Crippen MR) is 168 cm³/mol. The first-order chi connectivity index (χ1) is 20.6. The first-order valence-corrected chi connectivity index (χ1v) is 16.5. The second kappa shape index (κ2) is 16.1. The maximum Gasteiger partial charge on any atom is 0.319 e. The molecule has 9 atom stereocenters. The van der Waals surface area contributed by atoms with Crippen molar-refractivity contribution in [2.75, 3.05) is 74.3 Å². The first kappa shape index (κ1) is 37.3. The number of cyclic esters (lactones) is 1. The number of ether oxygens (including phenoxy) is 5. The number of aliphatic hydroxyl groups excluding tert-OH is 1. The highest BCUT2D eigenvalue weighted by molar-refractivity contribution is 6.04. The Bertz CT molecular complexity index is 929. The van der Waals surface area contributed by atoms with Crippen molar-refractivity contribution in [2.45, 2.75) is 110 Å². The summed E-state index contributed by atoms with van der Waals surface area (Å²) in [6, 6.07) is -0.153. The average Bonchev–Trinajstić information content (AvgIpc) is 2.97. The van der Waals surface area contributed by atoms with Crippen LogP contribution in [0.2, 0.25) is 0 Å². The molecule has 0 bridgehead atoms. The Morgan fingerprint density at radius 1 is 1.09 bits per heavy atom. The number of nitrogens with zero attached hydrogens (tertiary/aromatic N) is 3. The predicted octanol–water partition coefficient (Wildman–Crippen LogP) is 2.43. The summed E-state index contributed by atoms with van der Waals surface area (Å²) in [4.78, 5) is 34.4. The van der Waals surface area contributed by atoms with Crippen molar-refractivity contribution in [3.05, 3.63) is 0 Å². The van der Waals surface area contributed by atoms with Gasteiger partial charge in [0.1, 0.15) is 18.1 Å². The quantitative estimate of drug-likeness (QED) is 0.317. The largest absolute Gasteiger partial charge is 0.463 e. The van der Waals surface area contributed by atoms with Gasteiger partial charge in [-0.3, -0.25) is 19.4 Å². The van der Waals surface area contributed by atoms with Crippen LogP contribution in [0.25, 0.3) is 0 Å². The number of hydrogen-bond donors (Lipinski definition) is 1. The van der Waals surface area contributed by atoms with E-state index in [1.54, 1.807) is 27.9 Å². The van der Waals surface area contributed by atoms with Crippen LogP contribution in [0.15, 0.2) is 0 Å². The van der Waals surface area contributed by atoms with Crippen molar-refractivity contribution in [1.82, 2.24) is 14.7 Å². The lowest BCUT2D eigenvalue weighted by Crippen LogP contribution is -2.59. The first-order valence-electron chi connectivity index (χ1n) is 16.5. The van der Waals surface area contributed by atoms with Crippen molar-refractivity contribution in [1.29, 1.82) is 0 Å². The standard InChI is InChI=1S/C33H61N3O8/c1-22-19-33(6,40-10)29(44-30-27(37)26(34(7)8)18-23(2)43-30)24(3)28(38)32(4,5)31(39)42-21-25(35(9)20-22)12-11-13-36-14-16-41-17-15-36/h22-27,29-30,37H,11-21H2,1-10H3/t22-,23-,24+,25+,26+,27-,29-,30+,33-/m1/s1. The van der Waals surface area contributed by atoms with Gasteiger partial charge in [0.15, 0.2) is 12.1 Å². The van der Waals surface area contributed by atoms with Crippen LogP contribution < -0.4 is 0 Å². The summed E-state index contributed by atoms with van der Waals surface area (Å²) in [5, 5.41) is 11.3. The number of Topliss-reactive ketones (excluding diaryl/α,β-unsaturated/α-hetero) is 1. The van der Waals surface area contributed by atoms with E-state index in [-0.39, 0.29) is 36.5 Å². The minimum Gasteiger partial charge on any atom is -0.463 e. The highest BCUT2D eigenvalue weighted by atomic mass is 16.7. The molecule has 256 valence electrons. The van der Waals surface area contributed by atoms with E-state index in [0.717, 1.165) is 52.2 Å². The molecule has 3 rings (SSSR count). The minimum atomic E-state index is -1.40. The van der Waals surface area contributed by atoms with Gasteiger partial charge in [-0.2, -0.15) is 0 Å². The molecule has 0 spiro atoms. The fourth-order valence-electron chi connectivity index (χ4n) is 7.27. The Morgan fingerprint density at radius 2 is 1.75 bits per heavy atom. The van der Waals surface area contributed by atoms with Crippen LogP contribution in [0.1, 0.15) is 67.2 Å². The average molecular weight is 628 g/mol. The molecule has 0 radical (unpaired) electrons. The van der Waals surface area contributed by atoms with Crippen molar-refractivity contribution in [2.24, 2.45) is 17.3 Å². The summed E-state index contributed by atoms with van der Waals surface area (Å²) in [6.07, 6.45) is 0.277.